The van der Waals surface area contributed by atoms with Gasteiger partial charge in [-0.05, 0) is 37.5 Å². The molecule has 9 heteroatoms. The van der Waals surface area contributed by atoms with Crippen molar-refractivity contribution in [1.29, 1.82) is 0 Å². The summed E-state index contributed by atoms with van der Waals surface area (Å²) >= 11 is 0. The molecule has 1 aliphatic carbocycles. The molecule has 1 amide bonds. The monoisotopic (exact) mass is 459 g/mol. The molecular weight excluding hydrogens is 431 g/mol. The number of amides is 1. The lowest BCUT2D eigenvalue weighted by Gasteiger charge is -2.38. The molecule has 1 aromatic heterocycles. The first-order valence-electron chi connectivity index (χ1n) is 10.8. The van der Waals surface area contributed by atoms with Gasteiger partial charge in [-0.25, -0.2) is 4.68 Å². The molecule has 0 aliphatic heterocycles. The minimum absolute atomic E-state index is 0.240. The van der Waals surface area contributed by atoms with Crippen LogP contribution < -0.4 is 11.1 Å². The highest BCUT2D eigenvalue weighted by atomic mass is 19.4. The van der Waals surface area contributed by atoms with Crippen LogP contribution in [0.2, 0.25) is 0 Å². The molecule has 1 fully saturated rings. The van der Waals surface area contributed by atoms with E-state index in [0.717, 1.165) is 49.8 Å². The van der Waals surface area contributed by atoms with Crippen molar-refractivity contribution in [2.75, 3.05) is 6.54 Å². The molecule has 0 saturated heterocycles. The number of alkyl halides is 3. The highest BCUT2D eigenvalue weighted by Crippen LogP contribution is 2.40. The van der Waals surface area contributed by atoms with Crippen molar-refractivity contribution in [3.05, 3.63) is 71.7 Å². The van der Waals surface area contributed by atoms with Crippen molar-refractivity contribution in [2.24, 2.45) is 10.7 Å². The Balaban J connectivity index is 1.78. The third-order valence-corrected chi connectivity index (χ3v) is 6.03. The zero-order valence-corrected chi connectivity index (χ0v) is 18.5. The van der Waals surface area contributed by atoms with E-state index in [1.54, 1.807) is 19.1 Å². The summed E-state index contributed by atoms with van der Waals surface area (Å²) in [5.74, 6) is -0.0678. The van der Waals surface area contributed by atoms with Crippen LogP contribution in [-0.2, 0) is 11.6 Å². The van der Waals surface area contributed by atoms with Crippen molar-refractivity contribution >= 4 is 17.9 Å². The number of aliphatic imine (C=N–C) groups is 1. The Kier molecular flexibility index (Phi) is 7.40. The minimum atomic E-state index is -4.38. The fourth-order valence-electron chi connectivity index (χ4n) is 4.21. The molecule has 33 heavy (non-hydrogen) atoms. The lowest BCUT2D eigenvalue weighted by atomic mass is 9.69. The maximum atomic E-state index is 13.0. The Hall–Kier alpha value is -3.36. The summed E-state index contributed by atoms with van der Waals surface area (Å²) in [5, 5.41) is 7.25. The standard InChI is InChI=1S/C24H28F3N5O/c1-3-13-29-14-21(28)32-15-20(17(2)31-32)22(33)30-16-23(11-5-4-6-12-23)18-7-9-19(10-8-18)24(25,26)27/h3,7-10,13-15H,1,4-6,11-12,16,28H2,2H3,(H,30,33)/b21-14+,29-13?. The summed E-state index contributed by atoms with van der Waals surface area (Å²) < 4.78 is 40.3. The highest BCUT2D eigenvalue weighted by Gasteiger charge is 2.36. The zero-order chi connectivity index (χ0) is 24.1. The van der Waals surface area contributed by atoms with Gasteiger partial charge in [0.1, 0.15) is 5.82 Å². The van der Waals surface area contributed by atoms with E-state index < -0.39 is 17.2 Å². The van der Waals surface area contributed by atoms with Crippen molar-refractivity contribution < 1.29 is 18.0 Å². The van der Waals surface area contributed by atoms with Crippen molar-refractivity contribution in [2.45, 2.75) is 50.6 Å². The Bertz CT molecular complexity index is 1050. The van der Waals surface area contributed by atoms with Crippen LogP contribution in [0.15, 0.2) is 54.3 Å². The van der Waals surface area contributed by atoms with Crippen LogP contribution in [0.3, 0.4) is 0 Å². The third kappa shape index (κ3) is 5.71. The van der Waals surface area contributed by atoms with Gasteiger partial charge in [-0.3, -0.25) is 9.79 Å². The van der Waals surface area contributed by atoms with E-state index in [1.165, 1.54) is 29.4 Å². The molecule has 1 aromatic carbocycles. The molecule has 1 heterocycles. The van der Waals surface area contributed by atoms with Gasteiger partial charge in [-0.1, -0.05) is 44.1 Å². The number of hydrogen-bond acceptors (Lipinski definition) is 4. The number of benzene rings is 1. The molecule has 0 bridgehead atoms. The number of allylic oxidation sites excluding steroid dienone is 1. The predicted molar refractivity (Wildman–Crippen MR) is 123 cm³/mol. The first-order chi connectivity index (χ1) is 15.7. The van der Waals surface area contributed by atoms with Gasteiger partial charge in [0.2, 0.25) is 0 Å². The summed E-state index contributed by atoms with van der Waals surface area (Å²) in [6.07, 6.45) is 6.13. The smallest absolute Gasteiger partial charge is 0.382 e. The van der Waals surface area contributed by atoms with Crippen molar-refractivity contribution in [3.8, 4) is 0 Å². The molecule has 3 N–H and O–H groups in total. The molecule has 1 aliphatic rings. The van der Waals surface area contributed by atoms with E-state index >= 15 is 0 Å². The fourth-order valence-corrected chi connectivity index (χ4v) is 4.21. The topological polar surface area (TPSA) is 85.3 Å². The SMILES string of the molecule is C=CC=N/C=C(\N)n1cc(C(=O)NCC2(c3ccc(C(F)(F)F)cc3)CCCCC2)c(C)n1. The summed E-state index contributed by atoms with van der Waals surface area (Å²) in [6, 6.07) is 5.31. The van der Waals surface area contributed by atoms with E-state index in [2.05, 4.69) is 22.0 Å². The van der Waals surface area contributed by atoms with E-state index in [4.69, 9.17) is 5.73 Å². The van der Waals surface area contributed by atoms with Gasteiger partial charge in [0.15, 0.2) is 0 Å². The largest absolute Gasteiger partial charge is 0.416 e. The third-order valence-electron chi connectivity index (χ3n) is 6.03. The summed E-state index contributed by atoms with van der Waals surface area (Å²) in [6.45, 7) is 5.56. The lowest BCUT2D eigenvalue weighted by Crippen LogP contribution is -2.42. The summed E-state index contributed by atoms with van der Waals surface area (Å²) in [5.41, 5.74) is 6.57. The highest BCUT2D eigenvalue weighted by molar-refractivity contribution is 5.95. The second-order valence-electron chi connectivity index (χ2n) is 8.26. The fraction of sp³-hybridized carbons (Fsp3) is 0.375. The molecule has 0 spiro atoms. The molecule has 0 unspecified atom stereocenters. The second-order valence-corrected chi connectivity index (χ2v) is 8.26. The molecule has 0 radical (unpaired) electrons. The van der Waals surface area contributed by atoms with Crippen molar-refractivity contribution in [1.82, 2.24) is 15.1 Å². The molecule has 176 valence electrons. The van der Waals surface area contributed by atoms with E-state index in [9.17, 15) is 18.0 Å². The van der Waals surface area contributed by atoms with Crippen LogP contribution >= 0.6 is 0 Å². The first-order valence-corrected chi connectivity index (χ1v) is 10.8. The number of rotatable bonds is 7. The number of aromatic nitrogens is 2. The number of nitrogens with two attached hydrogens (primary N) is 1. The normalized spacial score (nSPS) is 16.7. The minimum Gasteiger partial charge on any atom is -0.382 e. The Labute approximate surface area is 191 Å². The Morgan fingerprint density at radius 2 is 1.94 bits per heavy atom. The van der Waals surface area contributed by atoms with Crippen LogP contribution in [-0.4, -0.2) is 28.4 Å². The molecule has 3 rings (SSSR count). The van der Waals surface area contributed by atoms with Gasteiger partial charge in [-0.2, -0.15) is 18.3 Å². The number of carbonyl (C=O) groups excluding carboxylic acids is 1. The van der Waals surface area contributed by atoms with Gasteiger partial charge >= 0.3 is 6.18 Å². The molecule has 2 aromatic rings. The van der Waals surface area contributed by atoms with Crippen LogP contribution in [0.1, 0.15) is 59.3 Å². The number of carbonyl (C=O) groups is 1. The van der Waals surface area contributed by atoms with Gasteiger partial charge in [0.25, 0.3) is 5.91 Å². The lowest BCUT2D eigenvalue weighted by molar-refractivity contribution is -0.137. The molecule has 0 atom stereocenters. The number of nitrogens with one attached hydrogen (secondary N) is 1. The predicted octanol–water partition coefficient (Wildman–Crippen LogP) is 4.81. The zero-order valence-electron chi connectivity index (χ0n) is 18.5. The number of aryl methyl sites for hydroxylation is 1. The Morgan fingerprint density at radius 3 is 2.55 bits per heavy atom. The average molecular weight is 460 g/mol. The molecule has 1 saturated carbocycles. The van der Waals surface area contributed by atoms with Gasteiger partial charge in [0, 0.05) is 24.4 Å². The van der Waals surface area contributed by atoms with Gasteiger partial charge in [0.05, 0.1) is 23.0 Å². The average Bonchev–Trinajstić information content (AvgIpc) is 3.19. The first kappa shape index (κ1) is 24.3. The van der Waals surface area contributed by atoms with Crippen LogP contribution in [0.4, 0.5) is 13.2 Å². The van der Waals surface area contributed by atoms with E-state index in [1.807, 2.05) is 0 Å². The quantitative estimate of drug-likeness (QED) is 0.583. The molecule has 6 nitrogen and oxygen atoms in total. The van der Waals surface area contributed by atoms with Crippen LogP contribution in [0, 0.1) is 6.92 Å². The van der Waals surface area contributed by atoms with E-state index in [-0.39, 0.29) is 11.7 Å². The molecular formula is C24H28F3N5O. The van der Waals surface area contributed by atoms with Gasteiger partial charge < -0.3 is 11.1 Å². The summed E-state index contributed by atoms with van der Waals surface area (Å²) in [4.78, 5) is 16.9. The maximum absolute atomic E-state index is 13.0. The van der Waals surface area contributed by atoms with Crippen LogP contribution in [0.5, 0.6) is 0 Å². The van der Waals surface area contributed by atoms with E-state index in [0.29, 0.717) is 17.8 Å². The number of nitrogens with zero attached hydrogens (tertiary/aromatic N) is 3. The van der Waals surface area contributed by atoms with Crippen molar-refractivity contribution in [3.63, 3.8) is 0 Å². The van der Waals surface area contributed by atoms with Crippen LogP contribution in [0.25, 0.3) is 5.82 Å². The van der Waals surface area contributed by atoms with Gasteiger partial charge in [-0.15, -0.1) is 0 Å². The second kappa shape index (κ2) is 10.1. The maximum Gasteiger partial charge on any atom is 0.416 e. The summed E-state index contributed by atoms with van der Waals surface area (Å²) in [7, 11) is 0. The number of halogens is 3. The Morgan fingerprint density at radius 1 is 1.27 bits per heavy atom. The number of hydrogen-bond donors (Lipinski definition) is 2.